The minimum atomic E-state index is -0.243. The summed E-state index contributed by atoms with van der Waals surface area (Å²) in [6, 6.07) is 20.5. The number of benzene rings is 3. The monoisotopic (exact) mass is 479 g/mol. The molecule has 2 aromatic heterocycles. The van der Waals surface area contributed by atoms with Crippen molar-refractivity contribution in [2.45, 2.75) is 9.79 Å². The van der Waals surface area contributed by atoms with Gasteiger partial charge in [0, 0.05) is 42.0 Å². The van der Waals surface area contributed by atoms with Gasteiger partial charge in [-0.3, -0.25) is 4.79 Å². The number of fused-ring (bicyclic) bond motifs is 1. The second-order valence-electron chi connectivity index (χ2n) is 7.00. The Hall–Kier alpha value is -3.19. The van der Waals surface area contributed by atoms with Gasteiger partial charge in [-0.05, 0) is 66.7 Å². The van der Waals surface area contributed by atoms with Gasteiger partial charge in [0.2, 0.25) is 0 Å². The van der Waals surface area contributed by atoms with E-state index in [9.17, 15) is 4.79 Å². The van der Waals surface area contributed by atoms with Gasteiger partial charge in [0.1, 0.15) is 5.69 Å². The molecule has 0 bridgehead atoms. The number of H-pyrrole nitrogens is 1. The Morgan fingerprint density at radius 2 is 1.75 bits per heavy atom. The summed E-state index contributed by atoms with van der Waals surface area (Å²) in [4.78, 5) is 21.9. The van der Waals surface area contributed by atoms with E-state index >= 15 is 0 Å². The lowest BCUT2D eigenvalue weighted by molar-refractivity contribution is 0.102. The maximum Gasteiger partial charge on any atom is 0.272 e. The van der Waals surface area contributed by atoms with Crippen molar-refractivity contribution in [1.82, 2.24) is 9.97 Å². The van der Waals surface area contributed by atoms with Crippen LogP contribution in [0.25, 0.3) is 22.2 Å². The van der Waals surface area contributed by atoms with Gasteiger partial charge < -0.3 is 14.7 Å². The summed E-state index contributed by atoms with van der Waals surface area (Å²) in [5, 5.41) is 5.10. The Kier molecular flexibility index (Phi) is 5.66. The number of hydrogen-bond donors (Lipinski definition) is 2. The molecule has 32 heavy (non-hydrogen) atoms. The number of rotatable bonds is 5. The van der Waals surface area contributed by atoms with Crippen molar-refractivity contribution in [3.05, 3.63) is 95.1 Å². The molecule has 3 aromatic carbocycles. The fraction of sp³-hybridized carbons (Fsp3) is 0. The van der Waals surface area contributed by atoms with E-state index in [2.05, 4.69) is 15.3 Å². The number of carbonyl (C=O) groups is 1. The molecule has 8 heteroatoms. The molecule has 0 fully saturated rings. The van der Waals surface area contributed by atoms with Gasteiger partial charge in [0.05, 0.1) is 6.20 Å². The third kappa shape index (κ3) is 4.39. The van der Waals surface area contributed by atoms with Gasteiger partial charge in [-0.1, -0.05) is 35.0 Å². The van der Waals surface area contributed by atoms with Gasteiger partial charge in [-0.2, -0.15) is 0 Å². The van der Waals surface area contributed by atoms with Crippen LogP contribution >= 0.6 is 35.0 Å². The van der Waals surface area contributed by atoms with E-state index < -0.39 is 0 Å². The molecule has 1 amide bonds. The van der Waals surface area contributed by atoms with Crippen molar-refractivity contribution in [2.75, 3.05) is 5.32 Å². The number of anilines is 1. The van der Waals surface area contributed by atoms with E-state index in [1.54, 1.807) is 18.0 Å². The van der Waals surface area contributed by atoms with E-state index in [-0.39, 0.29) is 5.91 Å². The van der Waals surface area contributed by atoms with Crippen molar-refractivity contribution < 1.29 is 9.21 Å². The molecule has 5 rings (SSSR count). The van der Waals surface area contributed by atoms with Gasteiger partial charge in [-0.25, -0.2) is 4.98 Å². The quantitative estimate of drug-likeness (QED) is 0.273. The van der Waals surface area contributed by atoms with Crippen molar-refractivity contribution in [2.24, 2.45) is 0 Å². The summed E-state index contributed by atoms with van der Waals surface area (Å²) >= 11 is 13.9. The lowest BCUT2D eigenvalue weighted by Crippen LogP contribution is -2.12. The van der Waals surface area contributed by atoms with Crippen molar-refractivity contribution >= 4 is 57.5 Å². The van der Waals surface area contributed by atoms with Crippen molar-refractivity contribution in [3.63, 3.8) is 0 Å². The number of nitrogens with one attached hydrogen (secondary N) is 2. The highest BCUT2D eigenvalue weighted by Gasteiger charge is 2.14. The van der Waals surface area contributed by atoms with Crippen LogP contribution in [-0.2, 0) is 0 Å². The van der Waals surface area contributed by atoms with Gasteiger partial charge in [-0.15, -0.1) is 0 Å². The smallest absolute Gasteiger partial charge is 0.272 e. The number of hydrogen-bond acceptors (Lipinski definition) is 4. The SMILES string of the molecule is O=C(Nc1ccc(-c2cnco2)cc1)c1cc2c(Sc3ccc(Cl)cc3)cc(Cl)cc2[nH]1. The van der Waals surface area contributed by atoms with E-state index in [1.807, 2.05) is 66.7 Å². The van der Waals surface area contributed by atoms with Crippen molar-refractivity contribution in [3.8, 4) is 11.3 Å². The molecule has 0 aliphatic carbocycles. The summed E-state index contributed by atoms with van der Waals surface area (Å²) in [5.74, 6) is 0.424. The van der Waals surface area contributed by atoms with Gasteiger partial charge >= 0.3 is 0 Å². The summed E-state index contributed by atoms with van der Waals surface area (Å²) in [7, 11) is 0. The van der Waals surface area contributed by atoms with Crippen LogP contribution in [0.2, 0.25) is 10.0 Å². The number of amides is 1. The number of nitrogens with zero attached hydrogens (tertiary/aromatic N) is 1. The van der Waals surface area contributed by atoms with E-state index in [4.69, 9.17) is 27.6 Å². The predicted molar refractivity (Wildman–Crippen MR) is 129 cm³/mol. The second kappa shape index (κ2) is 8.74. The minimum absolute atomic E-state index is 0.243. The number of carbonyl (C=O) groups excluding carboxylic acids is 1. The summed E-state index contributed by atoms with van der Waals surface area (Å²) < 4.78 is 5.29. The number of oxazole rings is 1. The highest BCUT2D eigenvalue weighted by atomic mass is 35.5. The Labute approximate surface area is 197 Å². The molecule has 0 atom stereocenters. The zero-order chi connectivity index (χ0) is 22.1. The molecule has 158 valence electrons. The molecule has 0 radical (unpaired) electrons. The predicted octanol–water partition coefficient (Wildman–Crippen LogP) is 7.53. The molecule has 0 aliphatic heterocycles. The zero-order valence-electron chi connectivity index (χ0n) is 16.4. The highest BCUT2D eigenvalue weighted by molar-refractivity contribution is 7.99. The minimum Gasteiger partial charge on any atom is -0.444 e. The summed E-state index contributed by atoms with van der Waals surface area (Å²) in [6.07, 6.45) is 3.02. The van der Waals surface area contributed by atoms with E-state index in [0.29, 0.717) is 27.2 Å². The molecule has 5 aromatic rings. The first-order chi connectivity index (χ1) is 15.5. The molecule has 0 saturated carbocycles. The van der Waals surface area contributed by atoms with E-state index in [0.717, 1.165) is 26.3 Å². The van der Waals surface area contributed by atoms with Crippen LogP contribution in [0.1, 0.15) is 10.5 Å². The highest BCUT2D eigenvalue weighted by Crippen LogP contribution is 2.36. The third-order valence-electron chi connectivity index (χ3n) is 4.81. The van der Waals surface area contributed by atoms with E-state index in [1.165, 1.54) is 6.39 Å². The third-order valence-corrected chi connectivity index (χ3v) is 6.35. The number of aromatic nitrogens is 2. The van der Waals surface area contributed by atoms with Crippen LogP contribution in [0.15, 0.2) is 93.5 Å². The fourth-order valence-electron chi connectivity index (χ4n) is 3.28. The first kappa shape index (κ1) is 20.7. The summed E-state index contributed by atoms with van der Waals surface area (Å²) in [6.45, 7) is 0. The first-order valence-corrected chi connectivity index (χ1v) is 11.2. The lowest BCUT2D eigenvalue weighted by atomic mass is 10.1. The van der Waals surface area contributed by atoms with Crippen LogP contribution in [0, 0.1) is 0 Å². The van der Waals surface area contributed by atoms with Crippen LogP contribution in [0.4, 0.5) is 5.69 Å². The number of aromatic amines is 1. The molecular weight excluding hydrogens is 465 g/mol. The Morgan fingerprint density at radius 3 is 2.47 bits per heavy atom. The Bertz CT molecular complexity index is 1400. The first-order valence-electron chi connectivity index (χ1n) is 9.61. The molecule has 0 saturated heterocycles. The average molecular weight is 480 g/mol. The molecule has 5 nitrogen and oxygen atoms in total. The molecule has 2 heterocycles. The largest absolute Gasteiger partial charge is 0.444 e. The zero-order valence-corrected chi connectivity index (χ0v) is 18.8. The van der Waals surface area contributed by atoms with Crippen molar-refractivity contribution in [1.29, 1.82) is 0 Å². The fourth-order valence-corrected chi connectivity index (χ4v) is 4.68. The van der Waals surface area contributed by atoms with Gasteiger partial charge in [0.25, 0.3) is 5.91 Å². The van der Waals surface area contributed by atoms with Crippen LogP contribution in [0.5, 0.6) is 0 Å². The molecule has 0 aliphatic rings. The topological polar surface area (TPSA) is 70.9 Å². The molecule has 0 spiro atoms. The van der Waals surface area contributed by atoms with Crippen LogP contribution in [-0.4, -0.2) is 15.9 Å². The number of halogens is 2. The van der Waals surface area contributed by atoms with Crippen LogP contribution < -0.4 is 5.32 Å². The molecular formula is C24H15Cl2N3O2S. The van der Waals surface area contributed by atoms with Crippen LogP contribution in [0.3, 0.4) is 0 Å². The maximum absolute atomic E-state index is 12.9. The average Bonchev–Trinajstić information content (AvgIpc) is 3.46. The Morgan fingerprint density at radius 1 is 0.969 bits per heavy atom. The lowest BCUT2D eigenvalue weighted by Gasteiger charge is -2.04. The normalized spacial score (nSPS) is 11.1. The standard InChI is InChI=1S/C24H15Cl2N3O2S/c25-15-3-7-18(8-4-15)32-23-10-16(26)9-20-19(23)11-21(29-20)24(30)28-17-5-1-14(2-6-17)22-12-27-13-31-22/h1-13,29H,(H,28,30). The second-order valence-corrected chi connectivity index (χ2v) is 8.99. The summed E-state index contributed by atoms with van der Waals surface area (Å²) in [5.41, 5.74) is 2.79. The Balaban J connectivity index is 1.39. The van der Waals surface area contributed by atoms with Gasteiger partial charge in [0.15, 0.2) is 12.2 Å². The maximum atomic E-state index is 12.9. The molecule has 2 N–H and O–H groups in total. The molecule has 0 unspecified atom stereocenters.